The van der Waals surface area contributed by atoms with Crippen molar-refractivity contribution in [2.24, 2.45) is 0 Å². The Morgan fingerprint density at radius 2 is 1.52 bits per heavy atom. The molecule has 1 amide bonds. The molecule has 4 rings (SSSR count). The molecule has 0 aliphatic carbocycles. The van der Waals surface area contributed by atoms with Gasteiger partial charge in [-0.3, -0.25) is 4.79 Å². The maximum atomic E-state index is 12.7. The Balaban J connectivity index is 1.41. The third kappa shape index (κ3) is 5.80. The molecule has 0 saturated carbocycles. The summed E-state index contributed by atoms with van der Waals surface area (Å²) in [6.07, 6.45) is 0. The maximum Gasteiger partial charge on any atom is 0.251 e. The minimum absolute atomic E-state index is 0.133. The quantitative estimate of drug-likeness (QED) is 0.358. The van der Waals surface area contributed by atoms with Gasteiger partial charge in [-0.25, -0.2) is 0 Å². The molecule has 1 N–H and O–H groups in total. The van der Waals surface area contributed by atoms with E-state index in [0.29, 0.717) is 24.5 Å². The summed E-state index contributed by atoms with van der Waals surface area (Å²) in [5, 5.41) is 2.97. The normalized spacial score (nSPS) is 10.5. The number of hydrogen-bond donors (Lipinski definition) is 1. The highest BCUT2D eigenvalue weighted by molar-refractivity contribution is 5.94. The van der Waals surface area contributed by atoms with Crippen LogP contribution in [0.15, 0.2) is 97.1 Å². The molecule has 0 aromatic heterocycles. The molecule has 4 aromatic rings. The minimum atomic E-state index is -0.133. The molecule has 166 valence electrons. The van der Waals surface area contributed by atoms with Crippen molar-refractivity contribution in [3.63, 3.8) is 0 Å². The summed E-state index contributed by atoms with van der Waals surface area (Å²) in [6, 6.07) is 31.7. The van der Waals surface area contributed by atoms with Gasteiger partial charge < -0.3 is 14.8 Å². The topological polar surface area (TPSA) is 47.6 Å². The number of aryl methyl sites for hydroxylation is 1. The summed E-state index contributed by atoms with van der Waals surface area (Å²) in [5.74, 6) is 1.31. The van der Waals surface area contributed by atoms with E-state index in [2.05, 4.69) is 17.4 Å². The van der Waals surface area contributed by atoms with Gasteiger partial charge in [0.15, 0.2) is 0 Å². The van der Waals surface area contributed by atoms with Gasteiger partial charge in [0.05, 0.1) is 7.11 Å². The van der Waals surface area contributed by atoms with Crippen LogP contribution in [-0.4, -0.2) is 13.0 Å². The number of nitrogens with one attached hydrogen (secondary N) is 1. The van der Waals surface area contributed by atoms with E-state index in [0.717, 1.165) is 28.0 Å². The second-order valence-electron chi connectivity index (χ2n) is 7.87. The van der Waals surface area contributed by atoms with Crippen LogP contribution in [0.5, 0.6) is 11.5 Å². The standard InChI is InChI=1S/C29H27NO3/c1-21-8-10-22(11-9-21)19-30-29(31)25-14-17-28(32-2)26(18-25)20-33-27-15-12-24(13-16-27)23-6-4-3-5-7-23/h3-18H,19-20H2,1-2H3,(H,30,31). The largest absolute Gasteiger partial charge is 0.496 e. The summed E-state index contributed by atoms with van der Waals surface area (Å²) < 4.78 is 11.5. The number of ether oxygens (including phenoxy) is 2. The fraction of sp³-hybridized carbons (Fsp3) is 0.138. The average molecular weight is 438 g/mol. The first kappa shape index (κ1) is 22.2. The van der Waals surface area contributed by atoms with Gasteiger partial charge in [0.2, 0.25) is 0 Å². The average Bonchev–Trinajstić information content (AvgIpc) is 2.87. The van der Waals surface area contributed by atoms with Gasteiger partial charge >= 0.3 is 0 Å². The zero-order valence-electron chi connectivity index (χ0n) is 18.9. The molecule has 0 aliphatic heterocycles. The van der Waals surface area contributed by atoms with Crippen molar-refractivity contribution >= 4 is 5.91 Å². The molecule has 0 radical (unpaired) electrons. The smallest absolute Gasteiger partial charge is 0.251 e. The van der Waals surface area contributed by atoms with Crippen molar-refractivity contribution < 1.29 is 14.3 Å². The Morgan fingerprint density at radius 1 is 0.818 bits per heavy atom. The molecule has 0 aliphatic rings. The number of carbonyl (C=O) groups excluding carboxylic acids is 1. The maximum absolute atomic E-state index is 12.7. The number of carbonyl (C=O) groups is 1. The Bertz CT molecular complexity index is 1200. The molecule has 4 nitrogen and oxygen atoms in total. The van der Waals surface area contributed by atoms with Crippen LogP contribution < -0.4 is 14.8 Å². The minimum Gasteiger partial charge on any atom is -0.496 e. The Kier molecular flexibility index (Phi) is 7.06. The first-order chi connectivity index (χ1) is 16.1. The van der Waals surface area contributed by atoms with Crippen molar-refractivity contribution in [2.75, 3.05) is 7.11 Å². The number of methoxy groups -OCH3 is 1. The molecule has 0 saturated heterocycles. The van der Waals surface area contributed by atoms with E-state index in [-0.39, 0.29) is 5.91 Å². The molecule has 33 heavy (non-hydrogen) atoms. The van der Waals surface area contributed by atoms with Crippen molar-refractivity contribution in [3.8, 4) is 22.6 Å². The number of rotatable bonds is 8. The molecule has 0 spiro atoms. The summed E-state index contributed by atoms with van der Waals surface area (Å²) in [7, 11) is 1.62. The van der Waals surface area contributed by atoms with Crippen LogP contribution in [0, 0.1) is 6.92 Å². The first-order valence-corrected chi connectivity index (χ1v) is 10.9. The molecule has 0 fully saturated rings. The van der Waals surface area contributed by atoms with Crippen molar-refractivity contribution in [2.45, 2.75) is 20.1 Å². The van der Waals surface area contributed by atoms with Crippen molar-refractivity contribution in [1.29, 1.82) is 0 Å². The molecule has 4 aromatic carbocycles. The molecule has 0 bridgehead atoms. The van der Waals surface area contributed by atoms with Crippen LogP contribution in [0.3, 0.4) is 0 Å². The third-order valence-electron chi connectivity index (χ3n) is 5.47. The highest BCUT2D eigenvalue weighted by Crippen LogP contribution is 2.25. The van der Waals surface area contributed by atoms with E-state index in [1.54, 1.807) is 19.2 Å². The van der Waals surface area contributed by atoms with Gasteiger partial charge in [0, 0.05) is 17.7 Å². The van der Waals surface area contributed by atoms with Gasteiger partial charge in [0.25, 0.3) is 5.91 Å². The first-order valence-electron chi connectivity index (χ1n) is 10.9. The lowest BCUT2D eigenvalue weighted by Gasteiger charge is -2.13. The third-order valence-corrected chi connectivity index (χ3v) is 5.47. The zero-order chi connectivity index (χ0) is 23.0. The number of benzene rings is 4. The molecule has 0 unspecified atom stereocenters. The lowest BCUT2D eigenvalue weighted by atomic mass is 10.1. The predicted molar refractivity (Wildman–Crippen MR) is 132 cm³/mol. The van der Waals surface area contributed by atoms with E-state index in [1.807, 2.05) is 79.7 Å². The summed E-state index contributed by atoms with van der Waals surface area (Å²) in [5.41, 5.74) is 5.93. The number of amides is 1. The van der Waals surface area contributed by atoms with Gasteiger partial charge in [-0.15, -0.1) is 0 Å². The fourth-order valence-corrected chi connectivity index (χ4v) is 3.56. The highest BCUT2D eigenvalue weighted by Gasteiger charge is 2.11. The molecular weight excluding hydrogens is 410 g/mol. The van der Waals surface area contributed by atoms with Crippen LogP contribution in [-0.2, 0) is 13.2 Å². The molecule has 4 heteroatoms. The van der Waals surface area contributed by atoms with E-state index < -0.39 is 0 Å². The lowest BCUT2D eigenvalue weighted by Crippen LogP contribution is -2.23. The van der Waals surface area contributed by atoms with E-state index >= 15 is 0 Å². The summed E-state index contributed by atoms with van der Waals surface area (Å²) >= 11 is 0. The predicted octanol–water partition coefficient (Wildman–Crippen LogP) is 6.18. The Morgan fingerprint density at radius 3 is 2.21 bits per heavy atom. The molecule has 0 heterocycles. The van der Waals surface area contributed by atoms with Crippen LogP contribution in [0.1, 0.15) is 27.0 Å². The summed E-state index contributed by atoms with van der Waals surface area (Å²) in [4.78, 5) is 12.7. The highest BCUT2D eigenvalue weighted by atomic mass is 16.5. The van der Waals surface area contributed by atoms with Crippen LogP contribution in [0.2, 0.25) is 0 Å². The van der Waals surface area contributed by atoms with Gasteiger partial charge in [0.1, 0.15) is 18.1 Å². The van der Waals surface area contributed by atoms with Crippen molar-refractivity contribution in [1.82, 2.24) is 5.32 Å². The van der Waals surface area contributed by atoms with Gasteiger partial charge in [-0.05, 0) is 53.9 Å². The fourth-order valence-electron chi connectivity index (χ4n) is 3.56. The van der Waals surface area contributed by atoms with Crippen molar-refractivity contribution in [3.05, 3.63) is 119 Å². The van der Waals surface area contributed by atoms with Gasteiger partial charge in [-0.2, -0.15) is 0 Å². The molecular formula is C29H27NO3. The second-order valence-corrected chi connectivity index (χ2v) is 7.87. The number of hydrogen-bond acceptors (Lipinski definition) is 3. The van der Waals surface area contributed by atoms with Crippen LogP contribution in [0.4, 0.5) is 0 Å². The Hall–Kier alpha value is -4.05. The van der Waals surface area contributed by atoms with E-state index in [9.17, 15) is 4.79 Å². The molecule has 0 atom stereocenters. The van der Waals surface area contributed by atoms with E-state index in [1.165, 1.54) is 5.56 Å². The summed E-state index contributed by atoms with van der Waals surface area (Å²) in [6.45, 7) is 2.82. The second kappa shape index (κ2) is 10.5. The van der Waals surface area contributed by atoms with E-state index in [4.69, 9.17) is 9.47 Å². The lowest BCUT2D eigenvalue weighted by molar-refractivity contribution is 0.0950. The van der Waals surface area contributed by atoms with Crippen LogP contribution >= 0.6 is 0 Å². The Labute approximate surface area is 194 Å². The SMILES string of the molecule is COc1ccc(C(=O)NCc2ccc(C)cc2)cc1COc1ccc(-c2ccccc2)cc1. The zero-order valence-corrected chi connectivity index (χ0v) is 18.9. The monoisotopic (exact) mass is 437 g/mol. The van der Waals surface area contributed by atoms with Gasteiger partial charge in [-0.1, -0.05) is 72.3 Å². The van der Waals surface area contributed by atoms with Crippen LogP contribution in [0.25, 0.3) is 11.1 Å².